The van der Waals surface area contributed by atoms with Crippen LogP contribution in [-0.2, 0) is 13.0 Å². The summed E-state index contributed by atoms with van der Waals surface area (Å²) >= 11 is 0. The average molecular weight is 232 g/mol. The van der Waals surface area contributed by atoms with Crippen LogP contribution in [0, 0.1) is 6.92 Å². The van der Waals surface area contributed by atoms with E-state index in [0.29, 0.717) is 0 Å². The first-order valence-electron chi connectivity index (χ1n) is 6.68. The van der Waals surface area contributed by atoms with Gasteiger partial charge in [0.25, 0.3) is 0 Å². The largest absolute Gasteiger partial charge is 0.304 e. The van der Waals surface area contributed by atoms with E-state index in [-0.39, 0.29) is 0 Å². The Morgan fingerprint density at radius 1 is 1.12 bits per heavy atom. The molecule has 0 unspecified atom stereocenters. The van der Waals surface area contributed by atoms with Gasteiger partial charge in [-0.1, -0.05) is 25.1 Å². The Balaban J connectivity index is 1.99. The van der Waals surface area contributed by atoms with E-state index >= 15 is 0 Å². The Kier molecular flexibility index (Phi) is 4.19. The summed E-state index contributed by atoms with van der Waals surface area (Å²) < 4.78 is 0. The van der Waals surface area contributed by atoms with Crippen LogP contribution in [0.5, 0.6) is 0 Å². The van der Waals surface area contributed by atoms with E-state index in [4.69, 9.17) is 0 Å². The molecule has 0 amide bonds. The maximum atomic E-state index is 2.56. The van der Waals surface area contributed by atoms with Crippen LogP contribution in [0.25, 0.3) is 0 Å². The van der Waals surface area contributed by atoms with E-state index in [1.807, 2.05) is 0 Å². The summed E-state index contributed by atoms with van der Waals surface area (Å²) in [5, 5.41) is 0. The maximum absolute atomic E-state index is 2.56. The van der Waals surface area contributed by atoms with Gasteiger partial charge < -0.3 is 4.90 Å². The summed E-state index contributed by atoms with van der Waals surface area (Å²) in [5.74, 6) is 0. The number of likely N-dealkylation sites (N-methyl/N-ethyl adjacent to an activating group) is 1. The molecule has 1 fully saturated rings. The first-order valence-corrected chi connectivity index (χ1v) is 6.68. The third-order valence-electron chi connectivity index (χ3n) is 3.81. The number of aryl methyl sites for hydroxylation is 2. The number of hydrogen-bond donors (Lipinski definition) is 0. The van der Waals surface area contributed by atoms with E-state index in [1.54, 1.807) is 0 Å². The number of benzene rings is 1. The van der Waals surface area contributed by atoms with Crippen LogP contribution in [-0.4, -0.2) is 43.0 Å². The van der Waals surface area contributed by atoms with Gasteiger partial charge in [0.15, 0.2) is 0 Å². The molecule has 2 heteroatoms. The summed E-state index contributed by atoms with van der Waals surface area (Å²) in [5.41, 5.74) is 4.39. The van der Waals surface area contributed by atoms with Gasteiger partial charge in [0.2, 0.25) is 0 Å². The summed E-state index contributed by atoms with van der Waals surface area (Å²) in [6, 6.07) is 6.93. The summed E-state index contributed by atoms with van der Waals surface area (Å²) in [4.78, 5) is 4.97. The quantitative estimate of drug-likeness (QED) is 0.789. The van der Waals surface area contributed by atoms with Gasteiger partial charge in [-0.3, -0.25) is 4.90 Å². The highest BCUT2D eigenvalue weighted by Crippen LogP contribution is 2.15. The third-order valence-corrected chi connectivity index (χ3v) is 3.81. The standard InChI is InChI=1S/C15H24N2/c1-4-14-5-6-15(13(2)11-14)12-17-9-7-16(3)8-10-17/h5-6,11H,4,7-10,12H2,1-3H3. The van der Waals surface area contributed by atoms with Crippen molar-refractivity contribution in [2.45, 2.75) is 26.8 Å². The highest BCUT2D eigenvalue weighted by atomic mass is 15.2. The van der Waals surface area contributed by atoms with Gasteiger partial charge in [-0.25, -0.2) is 0 Å². The van der Waals surface area contributed by atoms with Crippen molar-refractivity contribution in [1.29, 1.82) is 0 Å². The average Bonchev–Trinajstić information content (AvgIpc) is 2.34. The molecule has 0 bridgehead atoms. The van der Waals surface area contributed by atoms with Gasteiger partial charge in [-0.05, 0) is 37.1 Å². The smallest absolute Gasteiger partial charge is 0.0237 e. The topological polar surface area (TPSA) is 6.48 Å². The molecular weight excluding hydrogens is 208 g/mol. The summed E-state index contributed by atoms with van der Waals surface area (Å²) in [7, 11) is 2.21. The second-order valence-corrected chi connectivity index (χ2v) is 5.19. The van der Waals surface area contributed by atoms with Gasteiger partial charge in [0.1, 0.15) is 0 Å². The molecule has 1 aliphatic heterocycles. The number of piperazine rings is 1. The SMILES string of the molecule is CCc1ccc(CN2CCN(C)CC2)c(C)c1. The lowest BCUT2D eigenvalue weighted by molar-refractivity contribution is 0.148. The normalized spacial score (nSPS) is 18.5. The zero-order chi connectivity index (χ0) is 12.3. The lowest BCUT2D eigenvalue weighted by atomic mass is 10.0. The van der Waals surface area contributed by atoms with Gasteiger partial charge in [-0.2, -0.15) is 0 Å². The van der Waals surface area contributed by atoms with Crippen molar-refractivity contribution in [3.8, 4) is 0 Å². The van der Waals surface area contributed by atoms with Crippen molar-refractivity contribution in [2.75, 3.05) is 33.2 Å². The zero-order valence-electron chi connectivity index (χ0n) is 11.4. The first-order chi connectivity index (χ1) is 8.19. The molecule has 1 saturated heterocycles. The van der Waals surface area contributed by atoms with Gasteiger partial charge in [0.05, 0.1) is 0 Å². The Morgan fingerprint density at radius 3 is 2.41 bits per heavy atom. The summed E-state index contributed by atoms with van der Waals surface area (Å²) in [6.45, 7) is 10.4. The highest BCUT2D eigenvalue weighted by molar-refractivity contribution is 5.31. The van der Waals surface area contributed by atoms with Crippen molar-refractivity contribution in [3.05, 3.63) is 34.9 Å². The third kappa shape index (κ3) is 3.30. The minimum Gasteiger partial charge on any atom is -0.304 e. The molecule has 2 nitrogen and oxygen atoms in total. The maximum Gasteiger partial charge on any atom is 0.0237 e. The van der Waals surface area contributed by atoms with Gasteiger partial charge >= 0.3 is 0 Å². The zero-order valence-corrected chi connectivity index (χ0v) is 11.4. The van der Waals surface area contributed by atoms with E-state index in [0.717, 1.165) is 13.0 Å². The van der Waals surface area contributed by atoms with E-state index in [1.165, 1.54) is 42.9 Å². The molecule has 0 spiro atoms. The molecule has 2 rings (SSSR count). The van der Waals surface area contributed by atoms with Crippen molar-refractivity contribution < 1.29 is 0 Å². The fraction of sp³-hybridized carbons (Fsp3) is 0.600. The van der Waals surface area contributed by atoms with Gasteiger partial charge in [-0.15, -0.1) is 0 Å². The second-order valence-electron chi connectivity index (χ2n) is 5.19. The van der Waals surface area contributed by atoms with Crippen molar-refractivity contribution in [3.63, 3.8) is 0 Å². The molecule has 1 aromatic rings. The Morgan fingerprint density at radius 2 is 1.82 bits per heavy atom. The molecule has 0 N–H and O–H groups in total. The minimum atomic E-state index is 1.11. The fourth-order valence-corrected chi connectivity index (χ4v) is 2.40. The lowest BCUT2D eigenvalue weighted by Gasteiger charge is -2.32. The van der Waals surface area contributed by atoms with Crippen LogP contribution < -0.4 is 0 Å². The predicted molar refractivity (Wildman–Crippen MR) is 73.3 cm³/mol. The van der Waals surface area contributed by atoms with Crippen LogP contribution in [0.1, 0.15) is 23.6 Å². The van der Waals surface area contributed by atoms with Crippen LogP contribution in [0.4, 0.5) is 0 Å². The van der Waals surface area contributed by atoms with Crippen LogP contribution in [0.3, 0.4) is 0 Å². The molecule has 17 heavy (non-hydrogen) atoms. The number of nitrogens with zero attached hydrogens (tertiary/aromatic N) is 2. The Hall–Kier alpha value is -0.860. The lowest BCUT2D eigenvalue weighted by Crippen LogP contribution is -2.43. The molecule has 94 valence electrons. The molecule has 0 atom stereocenters. The van der Waals surface area contributed by atoms with Crippen LogP contribution in [0.2, 0.25) is 0 Å². The molecule has 0 aliphatic carbocycles. The van der Waals surface area contributed by atoms with Crippen molar-refractivity contribution >= 4 is 0 Å². The molecule has 0 radical (unpaired) electrons. The first kappa shape index (κ1) is 12.6. The minimum absolute atomic E-state index is 1.11. The molecule has 0 saturated carbocycles. The summed E-state index contributed by atoms with van der Waals surface area (Å²) in [6.07, 6.45) is 1.13. The monoisotopic (exact) mass is 232 g/mol. The number of rotatable bonds is 3. The highest BCUT2D eigenvalue weighted by Gasteiger charge is 2.14. The van der Waals surface area contributed by atoms with Crippen LogP contribution >= 0.6 is 0 Å². The molecule has 1 aliphatic rings. The number of hydrogen-bond acceptors (Lipinski definition) is 2. The Labute approximate surface area is 105 Å². The van der Waals surface area contributed by atoms with Crippen molar-refractivity contribution in [2.24, 2.45) is 0 Å². The van der Waals surface area contributed by atoms with Gasteiger partial charge in [0, 0.05) is 32.7 Å². The van der Waals surface area contributed by atoms with Crippen molar-refractivity contribution in [1.82, 2.24) is 9.80 Å². The second kappa shape index (κ2) is 5.65. The Bertz CT molecular complexity index is 365. The molecule has 1 aromatic carbocycles. The predicted octanol–water partition coefficient (Wildman–Crippen LogP) is 2.30. The van der Waals surface area contributed by atoms with E-state index < -0.39 is 0 Å². The molecule has 1 heterocycles. The van der Waals surface area contributed by atoms with E-state index in [9.17, 15) is 0 Å². The van der Waals surface area contributed by atoms with E-state index in [2.05, 4.69) is 48.9 Å². The fourth-order valence-electron chi connectivity index (χ4n) is 2.40. The molecule has 0 aromatic heterocycles. The van der Waals surface area contributed by atoms with Crippen LogP contribution in [0.15, 0.2) is 18.2 Å². The molecular formula is C15H24N2.